The van der Waals surface area contributed by atoms with Crippen LogP contribution < -0.4 is 5.32 Å². The third-order valence-electron chi connectivity index (χ3n) is 3.88. The van der Waals surface area contributed by atoms with Crippen molar-refractivity contribution in [2.24, 2.45) is 5.41 Å². The highest BCUT2D eigenvalue weighted by Gasteiger charge is 2.34. The summed E-state index contributed by atoms with van der Waals surface area (Å²) in [7, 11) is 1.73. The number of carboxylic acids is 1. The van der Waals surface area contributed by atoms with Crippen molar-refractivity contribution in [1.29, 1.82) is 0 Å². The fourth-order valence-electron chi connectivity index (χ4n) is 2.38. The molecule has 0 saturated carbocycles. The quantitative estimate of drug-likeness (QED) is 0.824. The van der Waals surface area contributed by atoms with Crippen molar-refractivity contribution in [2.75, 3.05) is 13.7 Å². The molecular weight excluding hydrogens is 260 g/mol. The summed E-state index contributed by atoms with van der Waals surface area (Å²) in [4.78, 5) is 24.8. The van der Waals surface area contributed by atoms with Crippen LogP contribution in [0.25, 0.3) is 0 Å². The number of ether oxygens (including phenoxy) is 1. The van der Waals surface area contributed by atoms with Crippen LogP contribution in [0.2, 0.25) is 0 Å². The Labute approximate surface area is 120 Å². The minimum atomic E-state index is -0.912. The number of nitrogens with one attached hydrogen (secondary N) is 1. The molecule has 0 aromatic rings. The van der Waals surface area contributed by atoms with Crippen LogP contribution in [0, 0.1) is 5.41 Å². The second-order valence-corrected chi connectivity index (χ2v) is 6.51. The average Bonchev–Trinajstić information content (AvgIpc) is 2.71. The first-order valence-electron chi connectivity index (χ1n) is 6.99. The molecule has 1 saturated heterocycles. The summed E-state index contributed by atoms with van der Waals surface area (Å²) < 4.78 is 5.46. The SMILES string of the molecule is CC1OCCC1N(C)C(=O)NC(CC(=O)O)C(C)(C)C. The van der Waals surface area contributed by atoms with E-state index < -0.39 is 12.0 Å². The molecule has 3 unspecified atom stereocenters. The summed E-state index contributed by atoms with van der Waals surface area (Å²) in [6, 6.07) is -0.610. The smallest absolute Gasteiger partial charge is 0.317 e. The average molecular weight is 286 g/mol. The van der Waals surface area contributed by atoms with E-state index in [2.05, 4.69) is 5.32 Å². The van der Waals surface area contributed by atoms with E-state index >= 15 is 0 Å². The predicted octanol–water partition coefficient (Wildman–Crippen LogP) is 1.69. The normalized spacial score (nSPS) is 24.2. The summed E-state index contributed by atoms with van der Waals surface area (Å²) >= 11 is 0. The molecule has 1 fully saturated rings. The fraction of sp³-hybridized carbons (Fsp3) is 0.857. The first kappa shape index (κ1) is 16.8. The molecular formula is C14H26N2O4. The van der Waals surface area contributed by atoms with Gasteiger partial charge in [-0.15, -0.1) is 0 Å². The molecule has 0 aromatic heterocycles. The number of nitrogens with zero attached hydrogens (tertiary/aromatic N) is 1. The van der Waals surface area contributed by atoms with Gasteiger partial charge in [-0.3, -0.25) is 4.79 Å². The first-order chi connectivity index (χ1) is 9.12. The van der Waals surface area contributed by atoms with E-state index in [0.29, 0.717) is 6.61 Å². The van der Waals surface area contributed by atoms with Crippen LogP contribution in [-0.4, -0.2) is 53.8 Å². The third-order valence-corrected chi connectivity index (χ3v) is 3.88. The van der Waals surface area contributed by atoms with Crippen molar-refractivity contribution in [2.45, 2.75) is 58.7 Å². The van der Waals surface area contributed by atoms with Crippen molar-refractivity contribution in [3.8, 4) is 0 Å². The molecule has 1 aliphatic rings. The van der Waals surface area contributed by atoms with Gasteiger partial charge in [-0.05, 0) is 18.8 Å². The van der Waals surface area contributed by atoms with E-state index in [1.54, 1.807) is 11.9 Å². The zero-order chi connectivity index (χ0) is 15.5. The highest BCUT2D eigenvalue weighted by molar-refractivity contribution is 5.76. The maximum atomic E-state index is 12.3. The van der Waals surface area contributed by atoms with Gasteiger partial charge >= 0.3 is 12.0 Å². The Morgan fingerprint density at radius 1 is 1.45 bits per heavy atom. The van der Waals surface area contributed by atoms with Gasteiger partial charge in [0.2, 0.25) is 0 Å². The molecule has 6 nitrogen and oxygen atoms in total. The molecule has 2 N–H and O–H groups in total. The first-order valence-corrected chi connectivity index (χ1v) is 6.99. The molecule has 20 heavy (non-hydrogen) atoms. The molecule has 6 heteroatoms. The largest absolute Gasteiger partial charge is 0.481 e. The lowest BCUT2D eigenvalue weighted by Crippen LogP contribution is -2.53. The standard InChI is InChI=1S/C14H26N2O4/c1-9-10(6-7-20-9)16(5)13(19)15-11(8-12(17)18)14(2,3)4/h9-11H,6-8H2,1-5H3,(H,15,19)(H,17,18). The number of likely N-dealkylation sites (N-methyl/N-ethyl adjacent to an activating group) is 1. The Kier molecular flexibility index (Phi) is 5.39. The van der Waals surface area contributed by atoms with Crippen molar-refractivity contribution < 1.29 is 19.4 Å². The third kappa shape index (κ3) is 4.37. The van der Waals surface area contributed by atoms with Crippen LogP contribution in [0.4, 0.5) is 4.79 Å². The monoisotopic (exact) mass is 286 g/mol. The van der Waals surface area contributed by atoms with Crippen LogP contribution in [0.1, 0.15) is 40.5 Å². The molecule has 116 valence electrons. The van der Waals surface area contributed by atoms with Gasteiger partial charge in [-0.2, -0.15) is 0 Å². The van der Waals surface area contributed by atoms with E-state index in [0.717, 1.165) is 6.42 Å². The molecule has 1 rings (SSSR count). The van der Waals surface area contributed by atoms with Gasteiger partial charge in [0.25, 0.3) is 0 Å². The van der Waals surface area contributed by atoms with Gasteiger partial charge in [-0.25, -0.2) is 4.79 Å². The van der Waals surface area contributed by atoms with Gasteiger partial charge in [0.1, 0.15) is 0 Å². The maximum absolute atomic E-state index is 12.3. The van der Waals surface area contributed by atoms with E-state index in [1.165, 1.54) is 0 Å². The summed E-state index contributed by atoms with van der Waals surface area (Å²) in [6.45, 7) is 8.35. The molecule has 0 bridgehead atoms. The van der Waals surface area contributed by atoms with E-state index in [9.17, 15) is 9.59 Å². The van der Waals surface area contributed by atoms with E-state index in [-0.39, 0.29) is 30.0 Å². The zero-order valence-electron chi connectivity index (χ0n) is 13.0. The number of carbonyl (C=O) groups excluding carboxylic acids is 1. The maximum Gasteiger partial charge on any atom is 0.317 e. The lowest BCUT2D eigenvalue weighted by Gasteiger charge is -2.34. The van der Waals surface area contributed by atoms with E-state index in [4.69, 9.17) is 9.84 Å². The molecule has 2 amide bonds. The van der Waals surface area contributed by atoms with Crippen molar-refractivity contribution in [3.63, 3.8) is 0 Å². The number of carbonyl (C=O) groups is 2. The second kappa shape index (κ2) is 6.43. The summed E-state index contributed by atoms with van der Waals surface area (Å²) in [6.07, 6.45) is 0.739. The van der Waals surface area contributed by atoms with Crippen LogP contribution >= 0.6 is 0 Å². The van der Waals surface area contributed by atoms with Crippen LogP contribution in [-0.2, 0) is 9.53 Å². The van der Waals surface area contributed by atoms with Crippen molar-refractivity contribution >= 4 is 12.0 Å². The van der Waals surface area contributed by atoms with Crippen LogP contribution in [0.15, 0.2) is 0 Å². The lowest BCUT2D eigenvalue weighted by molar-refractivity contribution is -0.138. The van der Waals surface area contributed by atoms with Crippen LogP contribution in [0.5, 0.6) is 0 Å². The summed E-state index contributed by atoms with van der Waals surface area (Å²) in [5.41, 5.74) is -0.313. The molecule has 0 radical (unpaired) electrons. The highest BCUT2D eigenvalue weighted by Crippen LogP contribution is 2.23. The Hall–Kier alpha value is -1.30. The lowest BCUT2D eigenvalue weighted by atomic mass is 9.85. The number of hydrogen-bond acceptors (Lipinski definition) is 3. The second-order valence-electron chi connectivity index (χ2n) is 6.51. The minimum absolute atomic E-state index is 0.0123. The molecule has 0 aliphatic carbocycles. The van der Waals surface area contributed by atoms with Gasteiger partial charge in [0.05, 0.1) is 18.6 Å². The Balaban J connectivity index is 2.67. The predicted molar refractivity (Wildman–Crippen MR) is 75.6 cm³/mol. The number of carboxylic acid groups (broad SMARTS) is 1. The summed E-state index contributed by atoms with van der Waals surface area (Å²) in [5.74, 6) is -0.912. The molecule has 0 aromatic carbocycles. The molecule has 1 heterocycles. The highest BCUT2D eigenvalue weighted by atomic mass is 16.5. The number of rotatable bonds is 4. The molecule has 0 spiro atoms. The van der Waals surface area contributed by atoms with Gasteiger partial charge in [0, 0.05) is 19.7 Å². The van der Waals surface area contributed by atoms with Crippen molar-refractivity contribution in [3.05, 3.63) is 0 Å². The Morgan fingerprint density at radius 3 is 2.45 bits per heavy atom. The number of urea groups is 1. The minimum Gasteiger partial charge on any atom is -0.481 e. The van der Waals surface area contributed by atoms with E-state index in [1.807, 2.05) is 27.7 Å². The Bertz CT molecular complexity index is 365. The molecule has 3 atom stereocenters. The topological polar surface area (TPSA) is 78.9 Å². The van der Waals surface area contributed by atoms with Gasteiger partial charge in [-0.1, -0.05) is 20.8 Å². The number of amides is 2. The number of hydrogen-bond donors (Lipinski definition) is 2. The Morgan fingerprint density at radius 2 is 2.05 bits per heavy atom. The van der Waals surface area contributed by atoms with Gasteiger partial charge < -0.3 is 20.1 Å². The fourth-order valence-corrected chi connectivity index (χ4v) is 2.38. The van der Waals surface area contributed by atoms with Gasteiger partial charge in [0.15, 0.2) is 0 Å². The van der Waals surface area contributed by atoms with Crippen LogP contribution in [0.3, 0.4) is 0 Å². The summed E-state index contributed by atoms with van der Waals surface area (Å²) in [5, 5.41) is 11.8. The number of aliphatic carboxylic acids is 1. The molecule has 1 aliphatic heterocycles. The van der Waals surface area contributed by atoms with Crippen molar-refractivity contribution in [1.82, 2.24) is 10.2 Å². The zero-order valence-corrected chi connectivity index (χ0v) is 13.0.